The van der Waals surface area contributed by atoms with Crippen molar-refractivity contribution in [3.05, 3.63) is 70.8 Å². The van der Waals surface area contributed by atoms with Gasteiger partial charge in [-0.15, -0.1) is 0 Å². The lowest BCUT2D eigenvalue weighted by atomic mass is 9.94. The molecule has 2 rings (SSSR count). The van der Waals surface area contributed by atoms with Crippen molar-refractivity contribution in [2.24, 2.45) is 0 Å². The molecule has 1 nitrogen and oxygen atoms in total. The van der Waals surface area contributed by atoms with Crippen molar-refractivity contribution in [1.82, 2.24) is 0 Å². The number of alkyl halides is 2. The summed E-state index contributed by atoms with van der Waals surface area (Å²) in [6.45, 7) is 3.42. The van der Waals surface area contributed by atoms with E-state index in [0.29, 0.717) is 5.56 Å². The standard InChI is InChI=1S/C16H14F2O/c1-11-8-9-14(12(2)10-11)16(17,18)15(19)13-6-4-3-5-7-13/h3-10H,1-2H3. The average Bonchev–Trinajstić information content (AvgIpc) is 2.38. The number of halogens is 2. The maximum Gasteiger partial charge on any atom is 0.335 e. The molecule has 0 heterocycles. The van der Waals surface area contributed by atoms with Crippen LogP contribution < -0.4 is 0 Å². The Balaban J connectivity index is 2.45. The molecule has 0 aliphatic rings. The van der Waals surface area contributed by atoms with E-state index >= 15 is 0 Å². The normalized spacial score (nSPS) is 11.4. The number of rotatable bonds is 3. The lowest BCUT2D eigenvalue weighted by molar-refractivity contribution is 0.00703. The van der Waals surface area contributed by atoms with Crippen LogP contribution in [0.1, 0.15) is 27.0 Å². The first-order valence-electron chi connectivity index (χ1n) is 5.98. The van der Waals surface area contributed by atoms with Crippen LogP contribution in [0.2, 0.25) is 0 Å². The fourth-order valence-electron chi connectivity index (χ4n) is 2.06. The molecule has 0 radical (unpaired) electrons. The second-order valence-electron chi connectivity index (χ2n) is 4.59. The van der Waals surface area contributed by atoms with Gasteiger partial charge in [-0.2, -0.15) is 8.78 Å². The van der Waals surface area contributed by atoms with Crippen LogP contribution in [0.25, 0.3) is 0 Å². The van der Waals surface area contributed by atoms with E-state index in [-0.39, 0.29) is 11.1 Å². The molecule has 0 unspecified atom stereocenters. The Hall–Kier alpha value is -2.03. The van der Waals surface area contributed by atoms with Gasteiger partial charge in [-0.1, -0.05) is 54.1 Å². The van der Waals surface area contributed by atoms with Gasteiger partial charge in [0.15, 0.2) is 0 Å². The highest BCUT2D eigenvalue weighted by Crippen LogP contribution is 2.34. The highest BCUT2D eigenvalue weighted by atomic mass is 19.3. The van der Waals surface area contributed by atoms with E-state index in [1.54, 1.807) is 37.3 Å². The predicted octanol–water partition coefficient (Wildman–Crippen LogP) is 4.28. The van der Waals surface area contributed by atoms with Gasteiger partial charge in [0.25, 0.3) is 0 Å². The predicted molar refractivity (Wildman–Crippen MR) is 70.6 cm³/mol. The smallest absolute Gasteiger partial charge is 0.287 e. The number of carbonyl (C=O) groups is 1. The minimum Gasteiger partial charge on any atom is -0.287 e. The molecule has 2 aromatic carbocycles. The van der Waals surface area contributed by atoms with Crippen molar-refractivity contribution >= 4 is 5.78 Å². The molecule has 3 heteroatoms. The van der Waals surface area contributed by atoms with E-state index < -0.39 is 11.7 Å². The number of hydrogen-bond donors (Lipinski definition) is 0. The summed E-state index contributed by atoms with van der Waals surface area (Å²) in [5.41, 5.74) is 1.11. The van der Waals surface area contributed by atoms with Crippen LogP contribution >= 0.6 is 0 Å². The Morgan fingerprint density at radius 3 is 2.21 bits per heavy atom. The highest BCUT2D eigenvalue weighted by molar-refractivity contribution is 6.02. The number of benzene rings is 2. The summed E-state index contributed by atoms with van der Waals surface area (Å²) in [5, 5.41) is 0. The summed E-state index contributed by atoms with van der Waals surface area (Å²) in [6.07, 6.45) is 0. The molecule has 0 atom stereocenters. The van der Waals surface area contributed by atoms with Crippen molar-refractivity contribution in [2.45, 2.75) is 19.8 Å². The summed E-state index contributed by atoms with van der Waals surface area (Å²) >= 11 is 0. The molecule has 0 spiro atoms. The van der Waals surface area contributed by atoms with Gasteiger partial charge in [0.05, 0.1) is 0 Å². The minimum atomic E-state index is -3.50. The molecule has 0 amide bonds. The van der Waals surface area contributed by atoms with Crippen LogP contribution in [0.3, 0.4) is 0 Å². The fourth-order valence-corrected chi connectivity index (χ4v) is 2.06. The maximum absolute atomic E-state index is 14.3. The lowest BCUT2D eigenvalue weighted by Crippen LogP contribution is -2.27. The van der Waals surface area contributed by atoms with Crippen molar-refractivity contribution in [3.8, 4) is 0 Å². The van der Waals surface area contributed by atoms with E-state index in [0.717, 1.165) is 5.56 Å². The van der Waals surface area contributed by atoms with Gasteiger partial charge >= 0.3 is 5.92 Å². The van der Waals surface area contributed by atoms with Gasteiger partial charge < -0.3 is 0 Å². The molecule has 0 bridgehead atoms. The first-order valence-corrected chi connectivity index (χ1v) is 5.98. The van der Waals surface area contributed by atoms with Crippen LogP contribution in [0.5, 0.6) is 0 Å². The van der Waals surface area contributed by atoms with Crippen molar-refractivity contribution in [2.75, 3.05) is 0 Å². The molecule has 0 aliphatic heterocycles. The highest BCUT2D eigenvalue weighted by Gasteiger charge is 2.42. The van der Waals surface area contributed by atoms with Gasteiger partial charge in [-0.05, 0) is 19.4 Å². The van der Waals surface area contributed by atoms with Crippen molar-refractivity contribution in [3.63, 3.8) is 0 Å². The SMILES string of the molecule is Cc1ccc(C(F)(F)C(=O)c2ccccc2)c(C)c1. The minimum absolute atomic E-state index is 0.0208. The summed E-state index contributed by atoms with van der Waals surface area (Å²) < 4.78 is 28.6. The molecular formula is C16H14F2O. The summed E-state index contributed by atoms with van der Waals surface area (Å²) in [7, 11) is 0. The molecule has 0 N–H and O–H groups in total. The van der Waals surface area contributed by atoms with Crippen LogP contribution in [-0.4, -0.2) is 5.78 Å². The quantitative estimate of drug-likeness (QED) is 0.753. The number of Topliss-reactive ketones (excluding diaryl/α,β-unsaturated/α-hetero) is 1. The van der Waals surface area contributed by atoms with E-state index in [4.69, 9.17) is 0 Å². The first-order chi connectivity index (χ1) is 8.93. The maximum atomic E-state index is 14.3. The van der Waals surface area contributed by atoms with Crippen LogP contribution in [0.15, 0.2) is 48.5 Å². The number of carbonyl (C=O) groups excluding carboxylic acids is 1. The summed E-state index contributed by atoms with van der Waals surface area (Å²) in [5.74, 6) is -4.67. The van der Waals surface area contributed by atoms with Crippen LogP contribution in [-0.2, 0) is 5.92 Å². The summed E-state index contributed by atoms with van der Waals surface area (Å²) in [4.78, 5) is 12.0. The molecule has 19 heavy (non-hydrogen) atoms. The summed E-state index contributed by atoms with van der Waals surface area (Å²) in [6, 6.07) is 12.2. The monoisotopic (exact) mass is 260 g/mol. The third-order valence-corrected chi connectivity index (χ3v) is 3.04. The van der Waals surface area contributed by atoms with Gasteiger partial charge in [0.1, 0.15) is 0 Å². The van der Waals surface area contributed by atoms with Gasteiger partial charge in [-0.3, -0.25) is 4.79 Å². The van der Waals surface area contributed by atoms with Gasteiger partial charge in [0.2, 0.25) is 5.78 Å². The number of hydrogen-bond acceptors (Lipinski definition) is 1. The number of aryl methyl sites for hydroxylation is 2. The Bertz CT molecular complexity index is 603. The molecule has 0 aliphatic carbocycles. The van der Waals surface area contributed by atoms with E-state index in [9.17, 15) is 13.6 Å². The lowest BCUT2D eigenvalue weighted by Gasteiger charge is -2.18. The zero-order valence-electron chi connectivity index (χ0n) is 10.8. The third kappa shape index (κ3) is 2.55. The Morgan fingerprint density at radius 2 is 1.63 bits per heavy atom. The Labute approximate surface area is 110 Å². The zero-order valence-corrected chi connectivity index (χ0v) is 10.8. The molecule has 2 aromatic rings. The molecule has 0 fully saturated rings. The number of ketones is 1. The molecular weight excluding hydrogens is 246 g/mol. The second kappa shape index (κ2) is 4.92. The fraction of sp³-hybridized carbons (Fsp3) is 0.188. The third-order valence-electron chi connectivity index (χ3n) is 3.04. The Kier molecular flexibility index (Phi) is 3.47. The van der Waals surface area contributed by atoms with Crippen LogP contribution in [0, 0.1) is 13.8 Å². The largest absolute Gasteiger partial charge is 0.335 e. The molecule has 0 saturated heterocycles. The van der Waals surface area contributed by atoms with E-state index in [1.807, 2.05) is 6.92 Å². The molecule has 98 valence electrons. The molecule has 0 aromatic heterocycles. The van der Waals surface area contributed by atoms with Crippen molar-refractivity contribution < 1.29 is 13.6 Å². The zero-order chi connectivity index (χ0) is 14.0. The van der Waals surface area contributed by atoms with Crippen molar-refractivity contribution in [1.29, 1.82) is 0 Å². The average molecular weight is 260 g/mol. The molecule has 0 saturated carbocycles. The topological polar surface area (TPSA) is 17.1 Å². The van der Waals surface area contributed by atoms with Crippen LogP contribution in [0.4, 0.5) is 8.78 Å². The second-order valence-corrected chi connectivity index (χ2v) is 4.59. The van der Waals surface area contributed by atoms with E-state index in [1.165, 1.54) is 18.2 Å². The van der Waals surface area contributed by atoms with E-state index in [2.05, 4.69) is 0 Å². The van der Waals surface area contributed by atoms with Gasteiger partial charge in [0, 0.05) is 11.1 Å². The first kappa shape index (κ1) is 13.4. The van der Waals surface area contributed by atoms with Gasteiger partial charge in [-0.25, -0.2) is 0 Å². The Morgan fingerprint density at radius 1 is 1.00 bits per heavy atom.